The number of anilines is 2. The van der Waals surface area contributed by atoms with Crippen LogP contribution in [0.4, 0.5) is 11.4 Å². The van der Waals surface area contributed by atoms with Crippen LogP contribution in [0.25, 0.3) is 0 Å². The van der Waals surface area contributed by atoms with Gasteiger partial charge in [-0.15, -0.1) is 0 Å². The third-order valence-corrected chi connectivity index (χ3v) is 3.58. The Bertz CT molecular complexity index is 462. The summed E-state index contributed by atoms with van der Waals surface area (Å²) in [6.07, 6.45) is 1.19. The average molecular weight is 263 g/mol. The maximum absolute atomic E-state index is 11.6. The molecule has 0 bridgehead atoms. The summed E-state index contributed by atoms with van der Waals surface area (Å²) in [5.74, 6) is 0.230. The highest BCUT2D eigenvalue weighted by atomic mass is 16.5. The van der Waals surface area contributed by atoms with E-state index in [9.17, 15) is 4.79 Å². The summed E-state index contributed by atoms with van der Waals surface area (Å²) in [6.45, 7) is 3.12. The van der Waals surface area contributed by atoms with Gasteiger partial charge < -0.3 is 20.7 Å². The highest BCUT2D eigenvalue weighted by molar-refractivity contribution is 5.98. The second-order valence-electron chi connectivity index (χ2n) is 5.06. The third-order valence-electron chi connectivity index (χ3n) is 3.58. The number of rotatable bonds is 4. The first-order valence-electron chi connectivity index (χ1n) is 6.51. The summed E-state index contributed by atoms with van der Waals surface area (Å²) in [5, 5.41) is 3.34. The van der Waals surface area contributed by atoms with Crippen molar-refractivity contribution < 1.29 is 9.53 Å². The number of methoxy groups -OCH3 is 1. The monoisotopic (exact) mass is 263 g/mol. The predicted molar refractivity (Wildman–Crippen MR) is 76.3 cm³/mol. The van der Waals surface area contributed by atoms with Crippen LogP contribution in [0.2, 0.25) is 0 Å². The van der Waals surface area contributed by atoms with E-state index in [1.165, 1.54) is 13.5 Å². The fraction of sp³-hybridized carbons (Fsp3) is 0.500. The molecule has 5 nitrogen and oxygen atoms in total. The Labute approximate surface area is 113 Å². The minimum Gasteiger partial charge on any atom is -0.465 e. The Morgan fingerprint density at radius 1 is 1.58 bits per heavy atom. The molecule has 1 atom stereocenters. The van der Waals surface area contributed by atoms with Gasteiger partial charge in [0.1, 0.15) is 0 Å². The van der Waals surface area contributed by atoms with Crippen molar-refractivity contribution in [2.24, 2.45) is 5.92 Å². The van der Waals surface area contributed by atoms with Gasteiger partial charge in [0.25, 0.3) is 0 Å². The van der Waals surface area contributed by atoms with Crippen LogP contribution in [0.5, 0.6) is 0 Å². The van der Waals surface area contributed by atoms with E-state index in [-0.39, 0.29) is 0 Å². The average Bonchev–Trinajstić information content (AvgIpc) is 2.82. The van der Waals surface area contributed by atoms with Crippen molar-refractivity contribution >= 4 is 17.3 Å². The molecular weight excluding hydrogens is 242 g/mol. The minimum atomic E-state index is -0.401. The van der Waals surface area contributed by atoms with E-state index in [0.29, 0.717) is 17.2 Å². The summed E-state index contributed by atoms with van der Waals surface area (Å²) in [4.78, 5) is 13.9. The number of hydrogen-bond donors (Lipinski definition) is 2. The molecule has 1 unspecified atom stereocenters. The van der Waals surface area contributed by atoms with Crippen molar-refractivity contribution in [3.63, 3.8) is 0 Å². The highest BCUT2D eigenvalue weighted by Gasteiger charge is 2.19. The molecule has 19 heavy (non-hydrogen) atoms. The zero-order valence-electron chi connectivity index (χ0n) is 11.5. The Morgan fingerprint density at radius 3 is 3.00 bits per heavy atom. The Hall–Kier alpha value is -1.75. The molecule has 0 aliphatic carbocycles. The standard InChI is InChI=1S/C14H21N3O2/c1-17-7-6-10(9-17)8-16-12-5-3-4-11(13(12)15)14(18)19-2/h3-5,10,16H,6-9,15H2,1-2H3. The van der Waals surface area contributed by atoms with Gasteiger partial charge in [0.2, 0.25) is 0 Å². The van der Waals surface area contributed by atoms with Crippen molar-refractivity contribution in [1.29, 1.82) is 0 Å². The smallest absolute Gasteiger partial charge is 0.340 e. The zero-order chi connectivity index (χ0) is 13.8. The number of benzene rings is 1. The first-order chi connectivity index (χ1) is 9.11. The summed E-state index contributed by atoms with van der Waals surface area (Å²) < 4.78 is 4.71. The van der Waals surface area contributed by atoms with E-state index in [4.69, 9.17) is 10.5 Å². The molecule has 104 valence electrons. The van der Waals surface area contributed by atoms with Crippen molar-refractivity contribution in [2.45, 2.75) is 6.42 Å². The number of ether oxygens (including phenoxy) is 1. The van der Waals surface area contributed by atoms with Gasteiger partial charge in [-0.05, 0) is 38.1 Å². The molecule has 1 aliphatic heterocycles. The predicted octanol–water partition coefficient (Wildman–Crippen LogP) is 1.42. The first kappa shape index (κ1) is 13.7. The van der Waals surface area contributed by atoms with Gasteiger partial charge in [-0.3, -0.25) is 0 Å². The van der Waals surface area contributed by atoms with Gasteiger partial charge in [0, 0.05) is 13.1 Å². The van der Waals surface area contributed by atoms with Crippen molar-refractivity contribution in [3.8, 4) is 0 Å². The zero-order valence-corrected chi connectivity index (χ0v) is 11.5. The molecule has 1 aromatic carbocycles. The molecular formula is C14H21N3O2. The number of carbonyl (C=O) groups excluding carboxylic acids is 1. The molecule has 1 fully saturated rings. The van der Waals surface area contributed by atoms with Crippen molar-refractivity contribution in [3.05, 3.63) is 23.8 Å². The number of nitrogen functional groups attached to an aromatic ring is 1. The number of nitrogens with one attached hydrogen (secondary N) is 1. The van der Waals surface area contributed by atoms with E-state index >= 15 is 0 Å². The lowest BCUT2D eigenvalue weighted by Crippen LogP contribution is -2.19. The maximum Gasteiger partial charge on any atom is 0.340 e. The van der Waals surface area contributed by atoms with Crippen LogP contribution in [0.1, 0.15) is 16.8 Å². The summed E-state index contributed by atoms with van der Waals surface area (Å²) in [6, 6.07) is 5.38. The normalized spacial score (nSPS) is 19.4. The Balaban J connectivity index is 2.02. The molecule has 0 spiro atoms. The molecule has 0 saturated carbocycles. The SMILES string of the molecule is COC(=O)c1cccc(NCC2CCN(C)C2)c1N. The lowest BCUT2D eigenvalue weighted by Gasteiger charge is -2.15. The molecule has 5 heteroatoms. The van der Waals surface area contributed by atoms with E-state index in [0.717, 1.165) is 25.3 Å². The molecule has 3 N–H and O–H groups in total. The van der Waals surface area contributed by atoms with Crippen LogP contribution in [0.15, 0.2) is 18.2 Å². The van der Waals surface area contributed by atoms with Crippen molar-refractivity contribution in [2.75, 3.05) is 44.8 Å². The molecule has 2 rings (SSSR count). The maximum atomic E-state index is 11.6. The molecule has 1 saturated heterocycles. The highest BCUT2D eigenvalue weighted by Crippen LogP contribution is 2.24. The van der Waals surface area contributed by atoms with Crippen LogP contribution in [-0.4, -0.2) is 44.7 Å². The van der Waals surface area contributed by atoms with Gasteiger partial charge in [0.15, 0.2) is 0 Å². The van der Waals surface area contributed by atoms with Crippen LogP contribution < -0.4 is 11.1 Å². The van der Waals surface area contributed by atoms with E-state index in [1.807, 2.05) is 12.1 Å². The number of nitrogens with zero attached hydrogens (tertiary/aromatic N) is 1. The number of likely N-dealkylation sites (tertiary alicyclic amines) is 1. The van der Waals surface area contributed by atoms with Crippen LogP contribution in [-0.2, 0) is 4.74 Å². The van der Waals surface area contributed by atoms with Gasteiger partial charge >= 0.3 is 5.97 Å². The summed E-state index contributed by atoms with van der Waals surface area (Å²) in [7, 11) is 3.49. The Morgan fingerprint density at radius 2 is 2.37 bits per heavy atom. The lowest BCUT2D eigenvalue weighted by atomic mass is 10.1. The fourth-order valence-electron chi connectivity index (χ4n) is 2.45. The van der Waals surface area contributed by atoms with Crippen LogP contribution in [0, 0.1) is 5.92 Å². The first-order valence-corrected chi connectivity index (χ1v) is 6.51. The number of esters is 1. The van der Waals surface area contributed by atoms with Crippen LogP contribution in [0.3, 0.4) is 0 Å². The molecule has 0 radical (unpaired) electrons. The van der Waals surface area contributed by atoms with Gasteiger partial charge in [-0.25, -0.2) is 4.79 Å². The molecule has 1 heterocycles. The van der Waals surface area contributed by atoms with E-state index in [1.54, 1.807) is 6.07 Å². The third kappa shape index (κ3) is 3.17. The van der Waals surface area contributed by atoms with Gasteiger partial charge in [-0.2, -0.15) is 0 Å². The minimum absolute atomic E-state index is 0.401. The largest absolute Gasteiger partial charge is 0.465 e. The summed E-state index contributed by atoms with van der Waals surface area (Å²) in [5.41, 5.74) is 7.67. The molecule has 0 amide bonds. The van der Waals surface area contributed by atoms with Gasteiger partial charge in [-0.1, -0.05) is 6.07 Å². The fourth-order valence-corrected chi connectivity index (χ4v) is 2.45. The Kier molecular flexibility index (Phi) is 4.27. The van der Waals surface area contributed by atoms with Gasteiger partial charge in [0.05, 0.1) is 24.0 Å². The quantitative estimate of drug-likeness (QED) is 0.635. The lowest BCUT2D eigenvalue weighted by molar-refractivity contribution is 0.0602. The topological polar surface area (TPSA) is 67.6 Å². The number of hydrogen-bond acceptors (Lipinski definition) is 5. The number of nitrogens with two attached hydrogens (primary N) is 1. The second-order valence-corrected chi connectivity index (χ2v) is 5.06. The number of carbonyl (C=O) groups is 1. The molecule has 1 aromatic rings. The molecule has 0 aromatic heterocycles. The van der Waals surface area contributed by atoms with E-state index < -0.39 is 5.97 Å². The van der Waals surface area contributed by atoms with Crippen LogP contribution >= 0.6 is 0 Å². The number of para-hydroxylation sites is 1. The molecule has 1 aliphatic rings. The summed E-state index contributed by atoms with van der Waals surface area (Å²) >= 11 is 0. The van der Waals surface area contributed by atoms with E-state index in [2.05, 4.69) is 17.3 Å². The van der Waals surface area contributed by atoms with Crippen molar-refractivity contribution in [1.82, 2.24) is 4.90 Å². The second kappa shape index (κ2) is 5.93.